The molecule has 1 saturated carbocycles. The predicted octanol–water partition coefficient (Wildman–Crippen LogP) is 2.86. The van der Waals surface area contributed by atoms with Gasteiger partial charge in [-0.1, -0.05) is 30.9 Å². The highest BCUT2D eigenvalue weighted by atomic mass is 35.5. The zero-order valence-corrected chi connectivity index (χ0v) is 12.3. The minimum atomic E-state index is -3.90. The van der Waals surface area contributed by atoms with Crippen LogP contribution < -0.4 is 4.72 Å². The lowest BCUT2D eigenvalue weighted by atomic mass is 9.96. The molecule has 0 aromatic heterocycles. The van der Waals surface area contributed by atoms with Gasteiger partial charge in [-0.2, -0.15) is 0 Å². The van der Waals surface area contributed by atoms with E-state index in [0.717, 1.165) is 38.2 Å². The molecule has 0 spiro atoms. The number of sulfonamides is 1. The third kappa shape index (κ3) is 3.47. The Bertz CT molecular complexity index is 612. The van der Waals surface area contributed by atoms with Gasteiger partial charge < -0.3 is 0 Å². The summed E-state index contributed by atoms with van der Waals surface area (Å²) in [5.41, 5.74) is -0.499. The van der Waals surface area contributed by atoms with E-state index in [0.29, 0.717) is 0 Å². The van der Waals surface area contributed by atoms with Crippen molar-refractivity contribution in [2.75, 3.05) is 0 Å². The van der Waals surface area contributed by atoms with Crippen molar-refractivity contribution in [3.05, 3.63) is 33.3 Å². The fraction of sp³-hybridized carbons (Fsp3) is 0.500. The molecule has 110 valence electrons. The van der Waals surface area contributed by atoms with Crippen molar-refractivity contribution in [3.63, 3.8) is 0 Å². The molecule has 0 heterocycles. The summed E-state index contributed by atoms with van der Waals surface area (Å²) in [6.07, 6.45) is 4.56. The Balaban J connectivity index is 2.31. The standard InChI is InChI=1S/C12H15ClN2O4S/c13-9-6-7-12(11(8-9)15(16)17)20(18,19)14-10-4-2-1-3-5-10/h6-8,10,14H,1-5H2. The van der Waals surface area contributed by atoms with E-state index in [1.807, 2.05) is 0 Å². The monoisotopic (exact) mass is 318 g/mol. The van der Waals surface area contributed by atoms with Crippen LogP contribution in [0.15, 0.2) is 23.1 Å². The second-order valence-corrected chi connectivity index (χ2v) is 6.94. The van der Waals surface area contributed by atoms with Crippen LogP contribution in [0.2, 0.25) is 5.02 Å². The highest BCUT2D eigenvalue weighted by Crippen LogP contribution is 2.28. The maximum atomic E-state index is 12.3. The molecule has 0 atom stereocenters. The maximum absolute atomic E-state index is 12.3. The quantitative estimate of drug-likeness (QED) is 0.682. The fourth-order valence-corrected chi connectivity index (χ4v) is 3.99. The van der Waals surface area contributed by atoms with Gasteiger partial charge >= 0.3 is 0 Å². The van der Waals surface area contributed by atoms with Gasteiger partial charge in [-0.05, 0) is 25.0 Å². The summed E-state index contributed by atoms with van der Waals surface area (Å²) in [6.45, 7) is 0. The van der Waals surface area contributed by atoms with Gasteiger partial charge in [-0.25, -0.2) is 13.1 Å². The summed E-state index contributed by atoms with van der Waals surface area (Å²) in [7, 11) is -3.90. The minimum absolute atomic E-state index is 0.133. The number of rotatable bonds is 4. The maximum Gasteiger partial charge on any atom is 0.290 e. The average molecular weight is 319 g/mol. The highest BCUT2D eigenvalue weighted by Gasteiger charge is 2.28. The largest absolute Gasteiger partial charge is 0.290 e. The number of nitro benzene ring substituents is 1. The summed E-state index contributed by atoms with van der Waals surface area (Å²) >= 11 is 5.68. The van der Waals surface area contributed by atoms with Gasteiger partial charge in [0, 0.05) is 17.1 Å². The van der Waals surface area contributed by atoms with Gasteiger partial charge in [0.1, 0.15) is 0 Å². The summed E-state index contributed by atoms with van der Waals surface area (Å²) in [4.78, 5) is 9.90. The van der Waals surface area contributed by atoms with Crippen LogP contribution in [0.4, 0.5) is 5.69 Å². The second-order valence-electron chi connectivity index (χ2n) is 4.83. The molecule has 0 unspecified atom stereocenters. The molecule has 6 nitrogen and oxygen atoms in total. The highest BCUT2D eigenvalue weighted by molar-refractivity contribution is 7.89. The number of halogens is 1. The number of hydrogen-bond acceptors (Lipinski definition) is 4. The Kier molecular flexibility index (Phi) is 4.62. The predicted molar refractivity (Wildman–Crippen MR) is 75.3 cm³/mol. The van der Waals surface area contributed by atoms with Crippen LogP contribution in [-0.2, 0) is 10.0 Å². The SMILES string of the molecule is O=[N+]([O-])c1cc(Cl)ccc1S(=O)(=O)NC1CCCCC1. The van der Waals surface area contributed by atoms with Crippen molar-refractivity contribution < 1.29 is 13.3 Å². The molecule has 0 bridgehead atoms. The number of nitrogens with one attached hydrogen (secondary N) is 1. The Hall–Kier alpha value is -1.18. The molecular formula is C12H15ClN2O4S. The van der Waals surface area contributed by atoms with E-state index in [9.17, 15) is 18.5 Å². The van der Waals surface area contributed by atoms with Crippen molar-refractivity contribution in [2.24, 2.45) is 0 Å². The molecule has 0 amide bonds. The lowest BCUT2D eigenvalue weighted by Crippen LogP contribution is -2.36. The zero-order chi connectivity index (χ0) is 14.8. The summed E-state index contributed by atoms with van der Waals surface area (Å²) in [6, 6.07) is 3.41. The number of benzene rings is 1. The summed E-state index contributed by atoms with van der Waals surface area (Å²) < 4.78 is 27.1. The van der Waals surface area contributed by atoms with Crippen LogP contribution in [0.1, 0.15) is 32.1 Å². The van der Waals surface area contributed by atoms with Gasteiger partial charge in [0.15, 0.2) is 4.90 Å². The topological polar surface area (TPSA) is 89.3 Å². The van der Waals surface area contributed by atoms with Gasteiger partial charge in [-0.15, -0.1) is 0 Å². The molecule has 8 heteroatoms. The average Bonchev–Trinajstić information content (AvgIpc) is 2.38. The first-order chi connectivity index (χ1) is 9.40. The first-order valence-electron chi connectivity index (χ1n) is 6.36. The van der Waals surface area contributed by atoms with Gasteiger partial charge in [0.2, 0.25) is 10.0 Å². The molecular weight excluding hydrogens is 304 g/mol. The van der Waals surface area contributed by atoms with Crippen molar-refractivity contribution in [2.45, 2.75) is 43.0 Å². The Morgan fingerprint density at radius 2 is 1.90 bits per heavy atom. The molecule has 1 fully saturated rings. The van der Waals surface area contributed by atoms with Crippen molar-refractivity contribution in [1.29, 1.82) is 0 Å². The molecule has 1 aliphatic rings. The summed E-state index contributed by atoms with van der Waals surface area (Å²) in [5, 5.41) is 11.1. The van der Waals surface area contributed by atoms with E-state index in [4.69, 9.17) is 11.6 Å². The Morgan fingerprint density at radius 1 is 1.25 bits per heavy atom. The molecule has 0 aliphatic heterocycles. The molecule has 1 aromatic rings. The number of hydrogen-bond donors (Lipinski definition) is 1. The minimum Gasteiger partial charge on any atom is -0.258 e. The van der Waals surface area contributed by atoms with E-state index in [1.165, 1.54) is 12.1 Å². The third-order valence-corrected chi connectivity index (χ3v) is 5.14. The molecule has 1 aromatic carbocycles. The zero-order valence-electron chi connectivity index (χ0n) is 10.7. The molecule has 0 saturated heterocycles. The van der Waals surface area contributed by atoms with Crippen LogP contribution in [-0.4, -0.2) is 19.4 Å². The van der Waals surface area contributed by atoms with Crippen LogP contribution in [0, 0.1) is 10.1 Å². The number of nitrogens with zero attached hydrogens (tertiary/aromatic N) is 1. The van der Waals surface area contributed by atoms with Crippen molar-refractivity contribution in [3.8, 4) is 0 Å². The van der Waals surface area contributed by atoms with Crippen LogP contribution in [0.5, 0.6) is 0 Å². The van der Waals surface area contributed by atoms with E-state index in [-0.39, 0.29) is 16.0 Å². The lowest BCUT2D eigenvalue weighted by Gasteiger charge is -2.22. The van der Waals surface area contributed by atoms with E-state index in [2.05, 4.69) is 4.72 Å². The normalized spacial score (nSPS) is 17.1. The Morgan fingerprint density at radius 3 is 2.50 bits per heavy atom. The van der Waals surface area contributed by atoms with Crippen molar-refractivity contribution in [1.82, 2.24) is 4.72 Å². The van der Waals surface area contributed by atoms with Gasteiger partial charge in [-0.3, -0.25) is 10.1 Å². The fourth-order valence-electron chi connectivity index (χ4n) is 2.36. The molecule has 1 aliphatic carbocycles. The molecule has 2 rings (SSSR count). The smallest absolute Gasteiger partial charge is 0.258 e. The van der Waals surface area contributed by atoms with Gasteiger partial charge in [0.05, 0.1) is 4.92 Å². The van der Waals surface area contributed by atoms with Crippen LogP contribution in [0.3, 0.4) is 0 Å². The molecule has 0 radical (unpaired) electrons. The van der Waals surface area contributed by atoms with E-state index >= 15 is 0 Å². The second kappa shape index (κ2) is 6.07. The first kappa shape index (κ1) is 15.2. The Labute approximate surface area is 122 Å². The molecule has 20 heavy (non-hydrogen) atoms. The van der Waals surface area contributed by atoms with E-state index in [1.54, 1.807) is 0 Å². The number of nitro groups is 1. The lowest BCUT2D eigenvalue weighted by molar-refractivity contribution is -0.387. The third-order valence-electron chi connectivity index (χ3n) is 3.33. The van der Waals surface area contributed by atoms with Crippen LogP contribution >= 0.6 is 11.6 Å². The molecule has 1 N–H and O–H groups in total. The first-order valence-corrected chi connectivity index (χ1v) is 8.22. The van der Waals surface area contributed by atoms with Crippen LogP contribution in [0.25, 0.3) is 0 Å². The van der Waals surface area contributed by atoms with E-state index < -0.39 is 20.6 Å². The summed E-state index contributed by atoms with van der Waals surface area (Å²) in [5.74, 6) is 0. The van der Waals surface area contributed by atoms with Crippen molar-refractivity contribution >= 4 is 27.3 Å². The van der Waals surface area contributed by atoms with Gasteiger partial charge in [0.25, 0.3) is 5.69 Å².